The molecule has 0 bridgehead atoms. The molecule has 1 fully saturated rings. The van der Waals surface area contributed by atoms with Crippen LogP contribution in [0.5, 0.6) is 0 Å². The SMILES string of the molecule is CC1CCCC(Cc2noc(-c3cc(Br)cc4[nH]c(=O)[nH]c34)n2)O1. The van der Waals surface area contributed by atoms with Crippen LogP contribution in [-0.4, -0.2) is 32.3 Å². The maximum atomic E-state index is 11.6. The number of nitrogens with one attached hydrogen (secondary N) is 2. The molecule has 2 aromatic heterocycles. The molecule has 3 aromatic rings. The third-order valence-electron chi connectivity index (χ3n) is 4.26. The summed E-state index contributed by atoms with van der Waals surface area (Å²) < 4.78 is 12.2. The Kier molecular flexibility index (Phi) is 4.01. The number of rotatable bonds is 3. The number of ether oxygens (including phenoxy) is 1. The summed E-state index contributed by atoms with van der Waals surface area (Å²) in [5.74, 6) is 1.01. The van der Waals surface area contributed by atoms with Gasteiger partial charge < -0.3 is 19.2 Å². The molecule has 126 valence electrons. The van der Waals surface area contributed by atoms with Crippen LogP contribution in [-0.2, 0) is 11.2 Å². The molecule has 1 saturated heterocycles. The van der Waals surface area contributed by atoms with Gasteiger partial charge in [-0.2, -0.15) is 4.98 Å². The highest BCUT2D eigenvalue weighted by molar-refractivity contribution is 9.10. The summed E-state index contributed by atoms with van der Waals surface area (Å²) in [5, 5.41) is 4.07. The first-order chi connectivity index (χ1) is 11.6. The van der Waals surface area contributed by atoms with Crippen LogP contribution >= 0.6 is 15.9 Å². The molecule has 0 amide bonds. The Hall–Kier alpha value is -1.93. The van der Waals surface area contributed by atoms with Crippen molar-refractivity contribution < 1.29 is 9.26 Å². The first-order valence-electron chi connectivity index (χ1n) is 7.98. The van der Waals surface area contributed by atoms with Crippen molar-refractivity contribution in [3.05, 3.63) is 32.9 Å². The van der Waals surface area contributed by atoms with Crippen LogP contribution in [0.25, 0.3) is 22.5 Å². The largest absolute Gasteiger partial charge is 0.375 e. The Labute approximate surface area is 145 Å². The molecule has 0 saturated carbocycles. The molecule has 24 heavy (non-hydrogen) atoms. The van der Waals surface area contributed by atoms with Crippen molar-refractivity contribution in [2.45, 2.75) is 44.8 Å². The van der Waals surface area contributed by atoms with Gasteiger partial charge in [0.25, 0.3) is 5.89 Å². The van der Waals surface area contributed by atoms with Gasteiger partial charge in [-0.1, -0.05) is 21.1 Å². The van der Waals surface area contributed by atoms with Crippen molar-refractivity contribution in [1.82, 2.24) is 20.1 Å². The molecular weight excluding hydrogens is 376 g/mol. The van der Waals surface area contributed by atoms with Crippen molar-refractivity contribution in [3.8, 4) is 11.5 Å². The standard InChI is InChI=1S/C16H17BrN4O3/c1-8-3-2-4-10(23-8)7-13-19-15(24-21-13)11-5-9(17)6-12-14(11)20-16(22)18-12/h5-6,8,10H,2-4,7H2,1H3,(H2,18,20,22). The van der Waals surface area contributed by atoms with Crippen LogP contribution in [0.15, 0.2) is 25.9 Å². The van der Waals surface area contributed by atoms with Crippen LogP contribution in [0.4, 0.5) is 0 Å². The molecule has 1 aromatic carbocycles. The van der Waals surface area contributed by atoms with E-state index in [4.69, 9.17) is 9.26 Å². The minimum Gasteiger partial charge on any atom is -0.375 e. The zero-order chi connectivity index (χ0) is 16.7. The molecule has 8 heteroatoms. The molecule has 2 atom stereocenters. The predicted octanol–water partition coefficient (Wildman–Crippen LogP) is 3.17. The second kappa shape index (κ2) is 6.18. The Morgan fingerprint density at radius 1 is 1.33 bits per heavy atom. The van der Waals surface area contributed by atoms with Gasteiger partial charge in [-0.05, 0) is 38.3 Å². The van der Waals surface area contributed by atoms with Gasteiger partial charge in [0.05, 0.1) is 28.8 Å². The predicted molar refractivity (Wildman–Crippen MR) is 91.8 cm³/mol. The molecular formula is C16H17BrN4O3. The van der Waals surface area contributed by atoms with Crippen LogP contribution in [0.2, 0.25) is 0 Å². The summed E-state index contributed by atoms with van der Waals surface area (Å²) in [6.45, 7) is 2.09. The summed E-state index contributed by atoms with van der Waals surface area (Å²) >= 11 is 3.44. The van der Waals surface area contributed by atoms with Gasteiger partial charge in [0, 0.05) is 10.9 Å². The molecule has 2 N–H and O–H groups in total. The first-order valence-corrected chi connectivity index (χ1v) is 8.78. The summed E-state index contributed by atoms with van der Waals surface area (Å²) in [7, 11) is 0. The number of aromatic nitrogens is 4. The number of hydrogen-bond acceptors (Lipinski definition) is 5. The van der Waals surface area contributed by atoms with E-state index >= 15 is 0 Å². The molecule has 7 nitrogen and oxygen atoms in total. The number of aromatic amines is 2. The Bertz CT molecular complexity index is 929. The molecule has 0 spiro atoms. The smallest absolute Gasteiger partial charge is 0.323 e. The third kappa shape index (κ3) is 3.03. The van der Waals surface area contributed by atoms with E-state index in [0.717, 1.165) is 23.7 Å². The number of nitrogens with zero attached hydrogens (tertiary/aromatic N) is 2. The van der Waals surface area contributed by atoms with Crippen molar-refractivity contribution in [2.75, 3.05) is 0 Å². The maximum absolute atomic E-state index is 11.6. The lowest BCUT2D eigenvalue weighted by Gasteiger charge is -2.26. The lowest BCUT2D eigenvalue weighted by Crippen LogP contribution is -2.27. The molecule has 0 radical (unpaired) electrons. The van der Waals surface area contributed by atoms with E-state index in [1.807, 2.05) is 12.1 Å². The van der Waals surface area contributed by atoms with Crippen molar-refractivity contribution in [2.24, 2.45) is 0 Å². The number of imidazole rings is 1. The van der Waals surface area contributed by atoms with Crippen molar-refractivity contribution in [1.29, 1.82) is 0 Å². The molecule has 3 heterocycles. The van der Waals surface area contributed by atoms with Crippen LogP contribution in [0, 0.1) is 0 Å². The minimum absolute atomic E-state index is 0.133. The van der Waals surface area contributed by atoms with E-state index in [-0.39, 0.29) is 17.9 Å². The molecule has 2 unspecified atom stereocenters. The number of benzene rings is 1. The number of H-pyrrole nitrogens is 2. The van der Waals surface area contributed by atoms with E-state index in [2.05, 4.69) is 43.0 Å². The van der Waals surface area contributed by atoms with Crippen molar-refractivity contribution >= 4 is 27.0 Å². The highest BCUT2D eigenvalue weighted by Crippen LogP contribution is 2.29. The quantitative estimate of drug-likeness (QED) is 0.713. The summed E-state index contributed by atoms with van der Waals surface area (Å²) in [6.07, 6.45) is 4.33. The summed E-state index contributed by atoms with van der Waals surface area (Å²) in [6, 6.07) is 3.67. The van der Waals surface area contributed by atoms with E-state index in [0.29, 0.717) is 34.7 Å². The van der Waals surface area contributed by atoms with Gasteiger partial charge in [0.1, 0.15) is 0 Å². The third-order valence-corrected chi connectivity index (χ3v) is 4.72. The first kappa shape index (κ1) is 15.6. The molecule has 0 aliphatic carbocycles. The summed E-state index contributed by atoms with van der Waals surface area (Å²) in [5.41, 5.74) is 1.76. The van der Waals surface area contributed by atoms with Gasteiger partial charge in [-0.15, -0.1) is 0 Å². The van der Waals surface area contributed by atoms with Crippen LogP contribution in [0.1, 0.15) is 32.0 Å². The molecule has 1 aliphatic rings. The van der Waals surface area contributed by atoms with E-state index < -0.39 is 0 Å². The van der Waals surface area contributed by atoms with E-state index in [9.17, 15) is 4.79 Å². The van der Waals surface area contributed by atoms with E-state index in [1.165, 1.54) is 0 Å². The average Bonchev–Trinajstić information content (AvgIpc) is 3.12. The van der Waals surface area contributed by atoms with Gasteiger partial charge in [0.15, 0.2) is 5.82 Å². The van der Waals surface area contributed by atoms with E-state index in [1.54, 1.807) is 0 Å². The Morgan fingerprint density at radius 2 is 2.21 bits per heavy atom. The minimum atomic E-state index is -0.270. The number of hydrogen-bond donors (Lipinski definition) is 2. The monoisotopic (exact) mass is 392 g/mol. The van der Waals surface area contributed by atoms with Gasteiger partial charge in [0.2, 0.25) is 0 Å². The normalized spacial score (nSPS) is 21.4. The summed E-state index contributed by atoms with van der Waals surface area (Å²) in [4.78, 5) is 21.6. The zero-order valence-electron chi connectivity index (χ0n) is 13.1. The fourth-order valence-corrected chi connectivity index (χ4v) is 3.63. The number of fused-ring (bicyclic) bond motifs is 1. The second-order valence-electron chi connectivity index (χ2n) is 6.17. The number of halogens is 1. The van der Waals surface area contributed by atoms with Crippen molar-refractivity contribution in [3.63, 3.8) is 0 Å². The highest BCUT2D eigenvalue weighted by Gasteiger charge is 2.22. The lowest BCUT2D eigenvalue weighted by molar-refractivity contribution is -0.0398. The average molecular weight is 393 g/mol. The topological polar surface area (TPSA) is 96.8 Å². The maximum Gasteiger partial charge on any atom is 0.323 e. The zero-order valence-corrected chi connectivity index (χ0v) is 14.7. The Balaban J connectivity index is 1.64. The van der Waals surface area contributed by atoms with Crippen LogP contribution in [0.3, 0.4) is 0 Å². The fraction of sp³-hybridized carbons (Fsp3) is 0.438. The Morgan fingerprint density at radius 3 is 3.04 bits per heavy atom. The highest BCUT2D eigenvalue weighted by atomic mass is 79.9. The van der Waals surface area contributed by atoms with Gasteiger partial charge in [-0.3, -0.25) is 0 Å². The fourth-order valence-electron chi connectivity index (χ4n) is 3.17. The molecule has 1 aliphatic heterocycles. The van der Waals surface area contributed by atoms with Gasteiger partial charge >= 0.3 is 5.69 Å². The van der Waals surface area contributed by atoms with Gasteiger partial charge in [-0.25, -0.2) is 4.79 Å². The second-order valence-corrected chi connectivity index (χ2v) is 7.09. The molecule has 4 rings (SSSR count). The van der Waals surface area contributed by atoms with Crippen LogP contribution < -0.4 is 5.69 Å². The lowest BCUT2D eigenvalue weighted by atomic mass is 10.0.